The van der Waals surface area contributed by atoms with Crippen LogP contribution in [0.2, 0.25) is 0 Å². The lowest BCUT2D eigenvalue weighted by atomic mass is 9.99. The van der Waals surface area contributed by atoms with Crippen LogP contribution in [-0.2, 0) is 11.2 Å². The van der Waals surface area contributed by atoms with Gasteiger partial charge in [-0.15, -0.1) is 0 Å². The summed E-state index contributed by atoms with van der Waals surface area (Å²) in [7, 11) is 0. The molecule has 0 saturated carbocycles. The van der Waals surface area contributed by atoms with E-state index < -0.39 is 0 Å². The average Bonchev–Trinajstić information content (AvgIpc) is 2.32. The minimum atomic E-state index is 0.405. The van der Waals surface area contributed by atoms with E-state index in [2.05, 4.69) is 50.4 Å². The summed E-state index contributed by atoms with van der Waals surface area (Å²) in [5.41, 5.74) is 2.85. The van der Waals surface area contributed by atoms with E-state index in [1.54, 1.807) is 0 Å². The van der Waals surface area contributed by atoms with Crippen LogP contribution in [0, 0.1) is 6.92 Å². The monoisotopic (exact) mass is 247 g/mol. The molecule has 0 amide bonds. The molecule has 0 radical (unpaired) electrons. The summed E-state index contributed by atoms with van der Waals surface area (Å²) in [4.78, 5) is 0. The Morgan fingerprint density at radius 2 is 2.17 bits per heavy atom. The van der Waals surface area contributed by atoms with E-state index in [4.69, 9.17) is 4.74 Å². The minimum absolute atomic E-state index is 0.405. The van der Waals surface area contributed by atoms with Crippen molar-refractivity contribution < 1.29 is 4.74 Å². The van der Waals surface area contributed by atoms with Crippen LogP contribution in [0.5, 0.6) is 0 Å². The zero-order valence-corrected chi connectivity index (χ0v) is 11.8. The maximum Gasteiger partial charge on any atom is 0.0561 e. The van der Waals surface area contributed by atoms with Crippen LogP contribution < -0.4 is 5.32 Å². The molecule has 1 heterocycles. The highest BCUT2D eigenvalue weighted by Crippen LogP contribution is 2.15. The molecule has 2 rings (SSSR count). The van der Waals surface area contributed by atoms with Gasteiger partial charge >= 0.3 is 0 Å². The van der Waals surface area contributed by atoms with Crippen LogP contribution >= 0.6 is 0 Å². The van der Waals surface area contributed by atoms with Gasteiger partial charge in [0.1, 0.15) is 0 Å². The van der Waals surface area contributed by atoms with E-state index in [0.29, 0.717) is 18.2 Å². The number of ether oxygens (including phenoxy) is 1. The molecule has 3 atom stereocenters. The molecule has 3 unspecified atom stereocenters. The van der Waals surface area contributed by atoms with Crippen molar-refractivity contribution >= 4 is 0 Å². The molecule has 100 valence electrons. The molecule has 1 aliphatic heterocycles. The lowest BCUT2D eigenvalue weighted by Crippen LogP contribution is -2.43. The van der Waals surface area contributed by atoms with E-state index in [9.17, 15) is 0 Å². The molecule has 1 aliphatic rings. The third-order valence-corrected chi connectivity index (χ3v) is 3.79. The maximum atomic E-state index is 5.59. The Morgan fingerprint density at radius 3 is 2.89 bits per heavy atom. The second-order valence-electron chi connectivity index (χ2n) is 5.60. The first kappa shape index (κ1) is 13.6. The fourth-order valence-electron chi connectivity index (χ4n) is 2.78. The first-order valence-electron chi connectivity index (χ1n) is 7.07. The highest BCUT2D eigenvalue weighted by molar-refractivity contribution is 5.26. The Bertz CT molecular complexity index is 377. The summed E-state index contributed by atoms with van der Waals surface area (Å²) >= 11 is 0. The number of hydrogen-bond acceptors (Lipinski definition) is 2. The van der Waals surface area contributed by atoms with Crippen LogP contribution in [0.1, 0.15) is 37.8 Å². The topological polar surface area (TPSA) is 21.3 Å². The first-order chi connectivity index (χ1) is 8.65. The van der Waals surface area contributed by atoms with Crippen LogP contribution in [0.3, 0.4) is 0 Å². The van der Waals surface area contributed by atoms with Gasteiger partial charge in [-0.25, -0.2) is 0 Å². The maximum absolute atomic E-state index is 5.59. The molecule has 2 heteroatoms. The fraction of sp³-hybridized carbons (Fsp3) is 0.625. The van der Waals surface area contributed by atoms with Crippen molar-refractivity contribution in [1.82, 2.24) is 5.32 Å². The molecule has 1 saturated heterocycles. The number of hydrogen-bond donors (Lipinski definition) is 1. The standard InChI is InChI=1S/C16H25NO/c1-12-6-4-5-7-15(12)10-13(2)17-16-8-9-18-14(3)11-16/h4-7,13-14,16-17H,8-11H2,1-3H3. The third-order valence-electron chi connectivity index (χ3n) is 3.79. The van der Waals surface area contributed by atoms with Crippen LogP contribution in [-0.4, -0.2) is 24.8 Å². The van der Waals surface area contributed by atoms with E-state index in [0.717, 1.165) is 25.9 Å². The highest BCUT2D eigenvalue weighted by atomic mass is 16.5. The van der Waals surface area contributed by atoms with Gasteiger partial charge in [-0.05, 0) is 51.2 Å². The molecule has 0 spiro atoms. The Morgan fingerprint density at radius 1 is 1.39 bits per heavy atom. The summed E-state index contributed by atoms with van der Waals surface area (Å²) in [6, 6.07) is 9.82. The van der Waals surface area contributed by atoms with Gasteiger partial charge in [-0.3, -0.25) is 0 Å². The van der Waals surface area contributed by atoms with Crippen molar-refractivity contribution in [2.45, 2.75) is 58.2 Å². The number of benzene rings is 1. The Balaban J connectivity index is 1.85. The zero-order chi connectivity index (χ0) is 13.0. The molecule has 1 aromatic carbocycles. The summed E-state index contributed by atoms with van der Waals surface area (Å²) in [5.74, 6) is 0. The number of rotatable bonds is 4. The van der Waals surface area contributed by atoms with E-state index in [-0.39, 0.29) is 0 Å². The van der Waals surface area contributed by atoms with Gasteiger partial charge in [0.2, 0.25) is 0 Å². The summed E-state index contributed by atoms with van der Waals surface area (Å²) in [5, 5.41) is 3.74. The zero-order valence-electron chi connectivity index (χ0n) is 11.8. The molecule has 1 N–H and O–H groups in total. The van der Waals surface area contributed by atoms with E-state index >= 15 is 0 Å². The molecule has 0 aliphatic carbocycles. The predicted octanol–water partition coefficient (Wildman–Crippen LogP) is 3.08. The van der Waals surface area contributed by atoms with Gasteiger partial charge in [-0.2, -0.15) is 0 Å². The number of nitrogens with one attached hydrogen (secondary N) is 1. The first-order valence-corrected chi connectivity index (χ1v) is 7.07. The smallest absolute Gasteiger partial charge is 0.0561 e. The normalized spacial score (nSPS) is 25.9. The third kappa shape index (κ3) is 3.82. The Labute approximate surface area is 111 Å². The van der Waals surface area contributed by atoms with Gasteiger partial charge in [0.25, 0.3) is 0 Å². The molecular formula is C16H25NO. The van der Waals surface area contributed by atoms with Gasteiger partial charge < -0.3 is 10.1 Å². The SMILES string of the molecule is Cc1ccccc1CC(C)NC1CCOC(C)C1. The lowest BCUT2D eigenvalue weighted by molar-refractivity contribution is 0.0116. The molecule has 2 nitrogen and oxygen atoms in total. The predicted molar refractivity (Wildman–Crippen MR) is 75.9 cm³/mol. The fourth-order valence-corrected chi connectivity index (χ4v) is 2.78. The van der Waals surface area contributed by atoms with Crippen LogP contribution in [0.25, 0.3) is 0 Å². The van der Waals surface area contributed by atoms with E-state index in [1.807, 2.05) is 0 Å². The lowest BCUT2D eigenvalue weighted by Gasteiger charge is -2.30. The summed E-state index contributed by atoms with van der Waals surface area (Å²) < 4.78 is 5.59. The van der Waals surface area contributed by atoms with Crippen LogP contribution in [0.15, 0.2) is 24.3 Å². The Hall–Kier alpha value is -0.860. The molecule has 18 heavy (non-hydrogen) atoms. The minimum Gasteiger partial charge on any atom is -0.378 e. The van der Waals surface area contributed by atoms with Crippen molar-refractivity contribution in [1.29, 1.82) is 0 Å². The van der Waals surface area contributed by atoms with Crippen molar-refractivity contribution in [3.8, 4) is 0 Å². The van der Waals surface area contributed by atoms with Gasteiger partial charge in [0.15, 0.2) is 0 Å². The molecule has 0 aromatic heterocycles. The van der Waals surface area contributed by atoms with Crippen molar-refractivity contribution in [3.63, 3.8) is 0 Å². The number of aryl methyl sites for hydroxylation is 1. The van der Waals surface area contributed by atoms with Crippen LogP contribution in [0.4, 0.5) is 0 Å². The molecule has 0 bridgehead atoms. The second-order valence-corrected chi connectivity index (χ2v) is 5.60. The van der Waals surface area contributed by atoms with Crippen molar-refractivity contribution in [2.24, 2.45) is 0 Å². The van der Waals surface area contributed by atoms with Crippen molar-refractivity contribution in [3.05, 3.63) is 35.4 Å². The average molecular weight is 247 g/mol. The van der Waals surface area contributed by atoms with Gasteiger partial charge in [0, 0.05) is 18.7 Å². The van der Waals surface area contributed by atoms with E-state index in [1.165, 1.54) is 11.1 Å². The summed E-state index contributed by atoms with van der Waals surface area (Å²) in [6.45, 7) is 7.54. The Kier molecular flexibility index (Phi) is 4.79. The van der Waals surface area contributed by atoms with Crippen molar-refractivity contribution in [2.75, 3.05) is 6.61 Å². The molecule has 1 fully saturated rings. The second kappa shape index (κ2) is 6.35. The molecule has 1 aromatic rings. The quantitative estimate of drug-likeness (QED) is 0.883. The summed E-state index contributed by atoms with van der Waals surface area (Å²) in [6.07, 6.45) is 3.79. The van der Waals surface area contributed by atoms with Gasteiger partial charge in [0.05, 0.1) is 6.10 Å². The highest BCUT2D eigenvalue weighted by Gasteiger charge is 2.20. The molecular weight excluding hydrogens is 222 g/mol. The van der Waals surface area contributed by atoms with Gasteiger partial charge in [-0.1, -0.05) is 24.3 Å². The largest absolute Gasteiger partial charge is 0.378 e.